The Balaban J connectivity index is 2.18. The van der Waals surface area contributed by atoms with Crippen LogP contribution < -0.4 is 10.6 Å². The standard InChI is InChI=1S/C14H23ClN2/c1-11(2)17-8-4-7-16-10-13-5-6-14(15)9-12(13)3/h5-6,9,11,16-17H,4,7-8,10H2,1-3H3. The van der Waals surface area contributed by atoms with Crippen LogP contribution in [0.2, 0.25) is 5.02 Å². The lowest BCUT2D eigenvalue weighted by Gasteiger charge is -2.10. The van der Waals surface area contributed by atoms with Gasteiger partial charge in [0.2, 0.25) is 0 Å². The van der Waals surface area contributed by atoms with E-state index in [1.165, 1.54) is 11.1 Å². The van der Waals surface area contributed by atoms with E-state index in [0.717, 1.165) is 31.1 Å². The molecular formula is C14H23ClN2. The summed E-state index contributed by atoms with van der Waals surface area (Å²) in [6.45, 7) is 9.48. The first-order chi connectivity index (χ1) is 8.09. The number of nitrogens with one attached hydrogen (secondary N) is 2. The Morgan fingerprint density at radius 2 is 2.00 bits per heavy atom. The minimum absolute atomic E-state index is 0.577. The Kier molecular flexibility index (Phi) is 6.56. The monoisotopic (exact) mass is 254 g/mol. The summed E-state index contributed by atoms with van der Waals surface area (Å²) < 4.78 is 0. The van der Waals surface area contributed by atoms with Gasteiger partial charge in [-0.25, -0.2) is 0 Å². The summed E-state index contributed by atoms with van der Waals surface area (Å²) in [5, 5.41) is 7.67. The predicted octanol–water partition coefficient (Wildman–Crippen LogP) is 3.13. The average molecular weight is 255 g/mol. The van der Waals surface area contributed by atoms with Crippen molar-refractivity contribution in [1.29, 1.82) is 0 Å². The number of aryl methyl sites for hydroxylation is 1. The summed E-state index contributed by atoms with van der Waals surface area (Å²) in [6, 6.07) is 6.63. The largest absolute Gasteiger partial charge is 0.314 e. The Bertz CT molecular complexity index is 337. The summed E-state index contributed by atoms with van der Waals surface area (Å²) in [4.78, 5) is 0. The maximum absolute atomic E-state index is 5.92. The summed E-state index contributed by atoms with van der Waals surface area (Å²) >= 11 is 5.92. The number of halogens is 1. The number of hydrogen-bond donors (Lipinski definition) is 2. The van der Waals surface area contributed by atoms with Gasteiger partial charge >= 0.3 is 0 Å². The van der Waals surface area contributed by atoms with Crippen LogP contribution in [0.1, 0.15) is 31.4 Å². The summed E-state index contributed by atoms with van der Waals surface area (Å²) in [5.74, 6) is 0. The second-order valence-corrected chi connectivity index (χ2v) is 5.15. The molecule has 2 nitrogen and oxygen atoms in total. The molecule has 0 heterocycles. The molecule has 0 amide bonds. The molecule has 0 aliphatic heterocycles. The van der Waals surface area contributed by atoms with E-state index in [1.807, 2.05) is 12.1 Å². The molecule has 0 radical (unpaired) electrons. The van der Waals surface area contributed by atoms with Crippen LogP contribution in [-0.2, 0) is 6.54 Å². The molecule has 0 saturated heterocycles. The first-order valence-corrected chi connectivity index (χ1v) is 6.66. The molecule has 1 aromatic rings. The zero-order valence-corrected chi connectivity index (χ0v) is 11.8. The van der Waals surface area contributed by atoms with E-state index in [2.05, 4.69) is 37.5 Å². The molecule has 96 valence electrons. The third-order valence-corrected chi connectivity index (χ3v) is 2.94. The van der Waals surface area contributed by atoms with Gasteiger partial charge in [0.05, 0.1) is 0 Å². The lowest BCUT2D eigenvalue weighted by atomic mass is 10.1. The highest BCUT2D eigenvalue weighted by molar-refractivity contribution is 6.30. The molecule has 1 aromatic carbocycles. The summed E-state index contributed by atoms with van der Waals surface area (Å²) in [5.41, 5.74) is 2.58. The van der Waals surface area contributed by atoms with E-state index in [9.17, 15) is 0 Å². The van der Waals surface area contributed by atoms with Gasteiger partial charge < -0.3 is 10.6 Å². The third-order valence-electron chi connectivity index (χ3n) is 2.70. The van der Waals surface area contributed by atoms with Gasteiger partial charge in [0.15, 0.2) is 0 Å². The zero-order chi connectivity index (χ0) is 12.7. The molecule has 17 heavy (non-hydrogen) atoms. The van der Waals surface area contributed by atoms with Crippen molar-refractivity contribution in [1.82, 2.24) is 10.6 Å². The van der Waals surface area contributed by atoms with E-state index >= 15 is 0 Å². The van der Waals surface area contributed by atoms with E-state index < -0.39 is 0 Å². The van der Waals surface area contributed by atoms with Crippen LogP contribution in [0.3, 0.4) is 0 Å². The van der Waals surface area contributed by atoms with E-state index in [1.54, 1.807) is 0 Å². The van der Waals surface area contributed by atoms with Gasteiger partial charge in [-0.2, -0.15) is 0 Å². The van der Waals surface area contributed by atoms with Crippen molar-refractivity contribution in [2.75, 3.05) is 13.1 Å². The highest BCUT2D eigenvalue weighted by atomic mass is 35.5. The van der Waals surface area contributed by atoms with Gasteiger partial charge in [-0.3, -0.25) is 0 Å². The number of benzene rings is 1. The normalized spacial score (nSPS) is 11.1. The predicted molar refractivity (Wildman–Crippen MR) is 75.7 cm³/mol. The van der Waals surface area contributed by atoms with Crippen molar-refractivity contribution >= 4 is 11.6 Å². The van der Waals surface area contributed by atoms with E-state index in [-0.39, 0.29) is 0 Å². The molecule has 0 fully saturated rings. The fourth-order valence-corrected chi connectivity index (χ4v) is 1.91. The summed E-state index contributed by atoms with van der Waals surface area (Å²) in [6.07, 6.45) is 1.16. The minimum atomic E-state index is 0.577. The molecule has 1 rings (SSSR count). The van der Waals surface area contributed by atoms with Crippen LogP contribution in [0, 0.1) is 6.92 Å². The van der Waals surface area contributed by atoms with Gasteiger partial charge in [-0.15, -0.1) is 0 Å². The molecule has 0 bridgehead atoms. The molecule has 0 spiro atoms. The van der Waals surface area contributed by atoms with Gasteiger partial charge in [0.1, 0.15) is 0 Å². The lowest BCUT2D eigenvalue weighted by Crippen LogP contribution is -2.26. The quantitative estimate of drug-likeness (QED) is 0.731. The molecule has 0 atom stereocenters. The van der Waals surface area contributed by atoms with Crippen LogP contribution in [0.15, 0.2) is 18.2 Å². The average Bonchev–Trinajstić information content (AvgIpc) is 2.25. The first kappa shape index (κ1) is 14.5. The summed E-state index contributed by atoms with van der Waals surface area (Å²) in [7, 11) is 0. The van der Waals surface area contributed by atoms with Crippen molar-refractivity contribution in [3.63, 3.8) is 0 Å². The van der Waals surface area contributed by atoms with Crippen molar-refractivity contribution < 1.29 is 0 Å². The third kappa shape index (κ3) is 6.06. The van der Waals surface area contributed by atoms with Crippen molar-refractivity contribution in [3.05, 3.63) is 34.3 Å². The fraction of sp³-hybridized carbons (Fsp3) is 0.571. The van der Waals surface area contributed by atoms with Gasteiger partial charge in [0.25, 0.3) is 0 Å². The van der Waals surface area contributed by atoms with E-state index in [0.29, 0.717) is 6.04 Å². The SMILES string of the molecule is Cc1cc(Cl)ccc1CNCCCNC(C)C. The highest BCUT2D eigenvalue weighted by Gasteiger charge is 1.98. The highest BCUT2D eigenvalue weighted by Crippen LogP contribution is 2.14. The van der Waals surface area contributed by atoms with Gasteiger partial charge in [-0.05, 0) is 49.7 Å². The maximum Gasteiger partial charge on any atom is 0.0408 e. The second-order valence-electron chi connectivity index (χ2n) is 4.71. The fourth-order valence-electron chi connectivity index (χ4n) is 1.68. The number of rotatable bonds is 7. The lowest BCUT2D eigenvalue weighted by molar-refractivity contribution is 0.547. The molecule has 3 heteroatoms. The Hall–Kier alpha value is -0.570. The molecule has 0 unspecified atom stereocenters. The van der Waals surface area contributed by atoms with Crippen LogP contribution in [0.25, 0.3) is 0 Å². The van der Waals surface area contributed by atoms with Crippen LogP contribution in [0.5, 0.6) is 0 Å². The van der Waals surface area contributed by atoms with Crippen LogP contribution in [0.4, 0.5) is 0 Å². The first-order valence-electron chi connectivity index (χ1n) is 6.28. The Morgan fingerprint density at radius 1 is 1.24 bits per heavy atom. The number of hydrogen-bond acceptors (Lipinski definition) is 2. The molecule has 0 saturated carbocycles. The second kappa shape index (κ2) is 7.70. The molecule has 0 aliphatic rings. The van der Waals surface area contributed by atoms with Crippen molar-refractivity contribution in [2.45, 2.75) is 39.8 Å². The smallest absolute Gasteiger partial charge is 0.0408 e. The van der Waals surface area contributed by atoms with Gasteiger partial charge in [0, 0.05) is 17.6 Å². The zero-order valence-electron chi connectivity index (χ0n) is 11.0. The molecule has 0 aliphatic carbocycles. The molecular weight excluding hydrogens is 232 g/mol. The van der Waals surface area contributed by atoms with E-state index in [4.69, 9.17) is 11.6 Å². The maximum atomic E-state index is 5.92. The Labute approximate surface area is 110 Å². The Morgan fingerprint density at radius 3 is 2.65 bits per heavy atom. The van der Waals surface area contributed by atoms with Crippen molar-refractivity contribution in [3.8, 4) is 0 Å². The molecule has 2 N–H and O–H groups in total. The van der Waals surface area contributed by atoms with Crippen LogP contribution >= 0.6 is 11.6 Å². The molecule has 0 aromatic heterocycles. The topological polar surface area (TPSA) is 24.1 Å². The minimum Gasteiger partial charge on any atom is -0.314 e. The van der Waals surface area contributed by atoms with Crippen molar-refractivity contribution in [2.24, 2.45) is 0 Å². The van der Waals surface area contributed by atoms with Crippen LogP contribution in [-0.4, -0.2) is 19.1 Å². The van der Waals surface area contributed by atoms with Gasteiger partial charge in [-0.1, -0.05) is 31.5 Å².